The Balaban J connectivity index is 0.000000436. The van der Waals surface area contributed by atoms with Crippen molar-refractivity contribution in [1.82, 2.24) is 4.90 Å². The van der Waals surface area contributed by atoms with Crippen molar-refractivity contribution in [2.75, 3.05) is 49.5 Å². The number of hydrogen-bond acceptors (Lipinski definition) is 6. The number of carboxylic acid groups (broad SMARTS) is 2. The van der Waals surface area contributed by atoms with E-state index in [1.165, 1.54) is 5.56 Å². The van der Waals surface area contributed by atoms with E-state index in [1.54, 1.807) is 0 Å². The van der Waals surface area contributed by atoms with Gasteiger partial charge in [0.1, 0.15) is 5.75 Å². The van der Waals surface area contributed by atoms with Crippen LogP contribution in [0.2, 0.25) is 10.0 Å². The standard InChI is InChI=1S/C23H27Cl2N3O2.C4H4O4/c24-19-4-3-5-21(23(19)25)28-13-11-27(12-14-28)10-1-2-15-30-18-8-6-17-7-9-22(29)26-20(17)16-18;5-3(6)1-2-4(7)8/h3-6,8,16H,1-2,7,9-15H2,(H,26,29);1-2H,(H,5,6)(H,7,8). The van der Waals surface area contributed by atoms with E-state index in [4.69, 9.17) is 38.2 Å². The summed E-state index contributed by atoms with van der Waals surface area (Å²) >= 11 is 12.5. The van der Waals surface area contributed by atoms with Gasteiger partial charge in [0.15, 0.2) is 0 Å². The van der Waals surface area contributed by atoms with Crippen molar-refractivity contribution in [3.63, 3.8) is 0 Å². The average molecular weight is 564 g/mol. The molecule has 1 amide bonds. The molecule has 0 atom stereocenters. The molecule has 2 aromatic rings. The van der Waals surface area contributed by atoms with E-state index in [-0.39, 0.29) is 5.91 Å². The van der Waals surface area contributed by atoms with E-state index in [0.717, 1.165) is 69.1 Å². The van der Waals surface area contributed by atoms with Crippen molar-refractivity contribution < 1.29 is 29.3 Å². The van der Waals surface area contributed by atoms with Crippen molar-refractivity contribution in [2.45, 2.75) is 25.7 Å². The lowest BCUT2D eigenvalue weighted by Gasteiger charge is -2.36. The fraction of sp³-hybridized carbons (Fsp3) is 0.370. The zero-order valence-corrected chi connectivity index (χ0v) is 22.4. The Labute approximate surface area is 231 Å². The van der Waals surface area contributed by atoms with Crippen molar-refractivity contribution in [2.24, 2.45) is 0 Å². The van der Waals surface area contributed by atoms with Crippen LogP contribution in [0, 0.1) is 0 Å². The predicted octanol–water partition coefficient (Wildman–Crippen LogP) is 4.57. The maximum atomic E-state index is 11.5. The number of hydrogen-bond donors (Lipinski definition) is 3. The summed E-state index contributed by atoms with van der Waals surface area (Å²) in [5, 5.41) is 19.8. The van der Waals surface area contributed by atoms with Gasteiger partial charge in [0.2, 0.25) is 5.91 Å². The largest absolute Gasteiger partial charge is 0.494 e. The number of halogens is 2. The van der Waals surface area contributed by atoms with Crippen LogP contribution in [0.1, 0.15) is 24.8 Å². The molecule has 2 aromatic carbocycles. The van der Waals surface area contributed by atoms with Crippen LogP contribution in [0.3, 0.4) is 0 Å². The fourth-order valence-corrected chi connectivity index (χ4v) is 4.57. The molecule has 0 saturated carbocycles. The number of rotatable bonds is 9. The minimum absolute atomic E-state index is 0.0809. The van der Waals surface area contributed by atoms with Crippen molar-refractivity contribution in [1.29, 1.82) is 0 Å². The smallest absolute Gasteiger partial charge is 0.328 e. The van der Waals surface area contributed by atoms with Crippen molar-refractivity contribution in [3.8, 4) is 5.75 Å². The van der Waals surface area contributed by atoms with Gasteiger partial charge in [-0.1, -0.05) is 35.3 Å². The Hall–Kier alpha value is -3.27. The Morgan fingerprint density at radius 2 is 1.68 bits per heavy atom. The summed E-state index contributed by atoms with van der Waals surface area (Å²) in [7, 11) is 0. The van der Waals surface area contributed by atoms with E-state index in [9.17, 15) is 14.4 Å². The minimum Gasteiger partial charge on any atom is -0.494 e. The molecule has 0 aromatic heterocycles. The number of aryl methyl sites for hydroxylation is 1. The highest BCUT2D eigenvalue weighted by Gasteiger charge is 2.19. The Bertz CT molecular complexity index is 1150. The molecule has 2 aliphatic heterocycles. The third kappa shape index (κ3) is 9.24. The van der Waals surface area contributed by atoms with Gasteiger partial charge in [0.05, 0.1) is 22.3 Å². The number of carboxylic acids is 2. The molecule has 3 N–H and O–H groups in total. The second-order valence-corrected chi connectivity index (χ2v) is 9.62. The van der Waals surface area contributed by atoms with Gasteiger partial charge in [0.25, 0.3) is 0 Å². The number of aliphatic carboxylic acids is 2. The SMILES string of the molecule is O=C(O)C=CC(=O)O.O=C1CCc2ccc(OCCCCN3CCN(c4cccc(Cl)c4Cl)CC3)cc2N1. The first kappa shape index (κ1) is 29.3. The number of anilines is 2. The van der Waals surface area contributed by atoms with Gasteiger partial charge in [-0.15, -0.1) is 0 Å². The fourth-order valence-electron chi connectivity index (χ4n) is 4.16. The zero-order chi connectivity index (χ0) is 27.5. The summed E-state index contributed by atoms with van der Waals surface area (Å²) in [5.41, 5.74) is 3.10. The Morgan fingerprint density at radius 3 is 2.37 bits per heavy atom. The zero-order valence-electron chi connectivity index (χ0n) is 20.9. The predicted molar refractivity (Wildman–Crippen MR) is 148 cm³/mol. The van der Waals surface area contributed by atoms with E-state index < -0.39 is 11.9 Å². The highest BCUT2D eigenvalue weighted by molar-refractivity contribution is 6.43. The normalized spacial score (nSPS) is 15.3. The van der Waals surface area contributed by atoms with Crippen LogP contribution in [0.15, 0.2) is 48.6 Å². The van der Waals surface area contributed by atoms with Crippen molar-refractivity contribution >= 4 is 52.4 Å². The molecule has 0 aliphatic carbocycles. The molecule has 204 valence electrons. The Kier molecular flexibility index (Phi) is 11.3. The number of nitrogens with one attached hydrogen (secondary N) is 1. The number of amides is 1. The molecule has 4 rings (SSSR count). The minimum atomic E-state index is -1.26. The maximum absolute atomic E-state index is 11.5. The summed E-state index contributed by atoms with van der Waals surface area (Å²) < 4.78 is 5.89. The summed E-state index contributed by atoms with van der Waals surface area (Å²) in [5.74, 6) is -1.61. The first-order valence-electron chi connectivity index (χ1n) is 12.3. The third-order valence-electron chi connectivity index (χ3n) is 6.13. The molecular formula is C27H31Cl2N3O6. The van der Waals surface area contributed by atoms with Crippen LogP contribution in [-0.2, 0) is 20.8 Å². The summed E-state index contributed by atoms with van der Waals surface area (Å²) in [6.45, 7) is 5.71. The number of carbonyl (C=O) groups excluding carboxylic acids is 1. The lowest BCUT2D eigenvalue weighted by atomic mass is 10.0. The number of fused-ring (bicyclic) bond motifs is 1. The third-order valence-corrected chi connectivity index (χ3v) is 6.94. The molecule has 0 bridgehead atoms. The first-order chi connectivity index (χ1) is 18.2. The number of benzene rings is 2. The van der Waals surface area contributed by atoms with Gasteiger partial charge in [-0.3, -0.25) is 9.69 Å². The van der Waals surface area contributed by atoms with E-state index >= 15 is 0 Å². The first-order valence-corrected chi connectivity index (χ1v) is 13.1. The van der Waals surface area contributed by atoms with Gasteiger partial charge in [-0.25, -0.2) is 9.59 Å². The number of unbranched alkanes of at least 4 members (excludes halogenated alkanes) is 1. The van der Waals surface area contributed by atoms with Crippen molar-refractivity contribution in [3.05, 3.63) is 64.2 Å². The molecule has 9 nitrogen and oxygen atoms in total. The van der Waals surface area contributed by atoms with Crippen LogP contribution in [0.25, 0.3) is 0 Å². The molecule has 11 heteroatoms. The van der Waals surface area contributed by atoms with E-state index in [0.29, 0.717) is 35.2 Å². The second kappa shape index (κ2) is 14.6. The molecule has 2 heterocycles. The van der Waals surface area contributed by atoms with Crippen LogP contribution in [0.5, 0.6) is 5.75 Å². The number of ether oxygens (including phenoxy) is 1. The lowest BCUT2D eigenvalue weighted by molar-refractivity contribution is -0.134. The van der Waals surface area contributed by atoms with Gasteiger partial charge < -0.3 is 25.2 Å². The van der Waals surface area contributed by atoms with Gasteiger partial charge in [-0.05, 0) is 49.6 Å². The van der Waals surface area contributed by atoms with Crippen LogP contribution >= 0.6 is 23.2 Å². The molecule has 0 unspecified atom stereocenters. The van der Waals surface area contributed by atoms with Crippen LogP contribution in [-0.4, -0.2) is 72.3 Å². The molecule has 2 aliphatic rings. The maximum Gasteiger partial charge on any atom is 0.328 e. The topological polar surface area (TPSA) is 119 Å². The van der Waals surface area contributed by atoms with Gasteiger partial charge >= 0.3 is 11.9 Å². The van der Waals surface area contributed by atoms with E-state index in [2.05, 4.69) is 21.2 Å². The second-order valence-electron chi connectivity index (χ2n) is 8.83. The summed E-state index contributed by atoms with van der Waals surface area (Å²) in [6, 6.07) is 11.8. The Morgan fingerprint density at radius 1 is 0.974 bits per heavy atom. The van der Waals surface area contributed by atoms with E-state index in [1.807, 2.05) is 30.3 Å². The summed E-state index contributed by atoms with van der Waals surface area (Å²) in [6.07, 6.45) is 4.58. The van der Waals surface area contributed by atoms with Gasteiger partial charge in [-0.2, -0.15) is 0 Å². The average Bonchev–Trinajstić information content (AvgIpc) is 2.89. The molecular weight excluding hydrogens is 533 g/mol. The van der Waals surface area contributed by atoms with Crippen LogP contribution in [0.4, 0.5) is 11.4 Å². The number of carbonyl (C=O) groups is 3. The highest BCUT2D eigenvalue weighted by atomic mass is 35.5. The molecule has 0 spiro atoms. The molecule has 38 heavy (non-hydrogen) atoms. The molecule has 1 saturated heterocycles. The quantitative estimate of drug-likeness (QED) is 0.300. The summed E-state index contributed by atoms with van der Waals surface area (Å²) in [4.78, 5) is 35.5. The highest BCUT2D eigenvalue weighted by Crippen LogP contribution is 2.33. The molecule has 0 radical (unpaired) electrons. The lowest BCUT2D eigenvalue weighted by Crippen LogP contribution is -2.46. The van der Waals surface area contributed by atoms with Crippen LogP contribution < -0.4 is 15.0 Å². The number of nitrogens with zero attached hydrogens (tertiary/aromatic N) is 2. The number of piperazine rings is 1. The molecule has 1 fully saturated rings. The monoisotopic (exact) mass is 563 g/mol. The van der Waals surface area contributed by atoms with Gasteiger partial charge in [0, 0.05) is 56.5 Å².